The van der Waals surface area contributed by atoms with Gasteiger partial charge >= 0.3 is 5.97 Å². The molecule has 2 atom stereocenters. The van der Waals surface area contributed by atoms with Gasteiger partial charge in [0.25, 0.3) is 0 Å². The Morgan fingerprint density at radius 2 is 2.15 bits per heavy atom. The molecule has 0 bridgehead atoms. The molecule has 1 saturated heterocycles. The monoisotopic (exact) mass is 275 g/mol. The molecule has 1 aromatic rings. The van der Waals surface area contributed by atoms with Gasteiger partial charge in [-0.3, -0.25) is 9.69 Å². The van der Waals surface area contributed by atoms with E-state index in [1.807, 2.05) is 6.92 Å². The molecule has 5 heteroatoms. The van der Waals surface area contributed by atoms with Crippen LogP contribution >= 0.6 is 0 Å². The third-order valence-corrected chi connectivity index (χ3v) is 4.85. The summed E-state index contributed by atoms with van der Waals surface area (Å²) in [5, 5.41) is 0. The van der Waals surface area contributed by atoms with E-state index in [1.165, 1.54) is 30.1 Å². The Balaban J connectivity index is 1.57. The quantitative estimate of drug-likeness (QED) is 0.765. The molecule has 3 heterocycles. The van der Waals surface area contributed by atoms with Crippen molar-refractivity contribution in [3.05, 3.63) is 17.2 Å². The number of cyclic esters (lactones) is 1. The van der Waals surface area contributed by atoms with Crippen LogP contribution in [0.3, 0.4) is 0 Å². The molecule has 0 amide bonds. The minimum Gasteiger partial charge on any atom is -0.461 e. The first-order valence-electron chi connectivity index (χ1n) is 7.62. The van der Waals surface area contributed by atoms with Crippen LogP contribution in [0, 0.1) is 0 Å². The number of carbonyl (C=O) groups is 1. The maximum absolute atomic E-state index is 11.9. The predicted octanol–water partition coefficient (Wildman–Crippen LogP) is 1.36. The van der Waals surface area contributed by atoms with E-state index in [1.54, 1.807) is 0 Å². The Labute approximate surface area is 118 Å². The van der Waals surface area contributed by atoms with Crippen molar-refractivity contribution in [3.63, 3.8) is 0 Å². The number of hydrogen-bond donors (Lipinski definition) is 0. The number of hydrogen-bond acceptors (Lipinski definition) is 4. The molecular weight excluding hydrogens is 254 g/mol. The second-order valence-corrected chi connectivity index (χ2v) is 6.42. The highest BCUT2D eigenvalue weighted by molar-refractivity contribution is 5.78. The first kappa shape index (κ1) is 12.4. The van der Waals surface area contributed by atoms with E-state index in [9.17, 15) is 4.79 Å². The topological polar surface area (TPSA) is 47.4 Å². The largest absolute Gasteiger partial charge is 0.461 e. The fraction of sp³-hybridized carbons (Fsp3) is 0.733. The molecule has 0 N–H and O–H groups in total. The zero-order chi connectivity index (χ0) is 13.9. The van der Waals surface area contributed by atoms with Gasteiger partial charge in [-0.15, -0.1) is 0 Å². The smallest absolute Gasteiger partial charge is 0.323 e. The lowest BCUT2D eigenvalue weighted by Gasteiger charge is -2.29. The minimum absolute atomic E-state index is 0.0552. The van der Waals surface area contributed by atoms with E-state index in [2.05, 4.69) is 16.5 Å². The lowest BCUT2D eigenvalue weighted by molar-refractivity contribution is -0.145. The fourth-order valence-electron chi connectivity index (χ4n) is 3.58. The van der Waals surface area contributed by atoms with Gasteiger partial charge in [0.1, 0.15) is 18.0 Å². The standard InChI is InChI=1S/C15H21N3O2/c1-9-7-13(15(19)20-9)18-6-5-12-11(8-18)16-14(17(12)2)10-3-4-10/h9-10,13H,3-8H2,1-2H3/t9-,13+/m1/s1. The van der Waals surface area contributed by atoms with Crippen LogP contribution in [0.15, 0.2) is 0 Å². The first-order valence-corrected chi connectivity index (χ1v) is 7.62. The maximum Gasteiger partial charge on any atom is 0.323 e. The zero-order valence-electron chi connectivity index (χ0n) is 12.1. The lowest BCUT2D eigenvalue weighted by atomic mass is 10.1. The van der Waals surface area contributed by atoms with E-state index in [-0.39, 0.29) is 18.1 Å². The summed E-state index contributed by atoms with van der Waals surface area (Å²) < 4.78 is 7.58. The Morgan fingerprint density at radius 3 is 2.80 bits per heavy atom. The van der Waals surface area contributed by atoms with Crippen LogP contribution in [-0.4, -0.2) is 39.1 Å². The molecule has 0 aromatic carbocycles. The van der Waals surface area contributed by atoms with Gasteiger partial charge in [0.05, 0.1) is 5.69 Å². The Hall–Kier alpha value is -1.36. The van der Waals surface area contributed by atoms with Crippen LogP contribution in [0.4, 0.5) is 0 Å². The highest BCUT2D eigenvalue weighted by Gasteiger charge is 2.39. The van der Waals surface area contributed by atoms with Gasteiger partial charge in [-0.1, -0.05) is 0 Å². The molecule has 0 unspecified atom stereocenters. The number of esters is 1. The van der Waals surface area contributed by atoms with Gasteiger partial charge in [-0.25, -0.2) is 4.98 Å². The SMILES string of the molecule is C[C@@H]1C[C@H](N2CCc3c(nc(C4CC4)n3C)C2)C(=O)O1. The molecular formula is C15H21N3O2. The third-order valence-electron chi connectivity index (χ3n) is 4.85. The highest BCUT2D eigenvalue weighted by atomic mass is 16.6. The van der Waals surface area contributed by atoms with Crippen molar-refractivity contribution < 1.29 is 9.53 Å². The second kappa shape index (κ2) is 4.32. The van der Waals surface area contributed by atoms with Gasteiger partial charge in [0.15, 0.2) is 0 Å². The normalized spacial score (nSPS) is 30.4. The van der Waals surface area contributed by atoms with Crippen molar-refractivity contribution in [2.45, 2.75) is 57.2 Å². The van der Waals surface area contributed by atoms with Crippen molar-refractivity contribution in [2.75, 3.05) is 6.54 Å². The molecule has 20 heavy (non-hydrogen) atoms. The van der Waals surface area contributed by atoms with Gasteiger partial charge in [-0.2, -0.15) is 0 Å². The summed E-state index contributed by atoms with van der Waals surface area (Å²) in [6, 6.07) is -0.0652. The molecule has 5 nitrogen and oxygen atoms in total. The Kier molecular flexibility index (Phi) is 2.67. The van der Waals surface area contributed by atoms with Crippen LogP contribution < -0.4 is 0 Å². The molecule has 1 saturated carbocycles. The molecule has 0 spiro atoms. The molecule has 2 fully saturated rings. The van der Waals surface area contributed by atoms with Crippen LogP contribution in [0.1, 0.15) is 49.3 Å². The number of ether oxygens (including phenoxy) is 1. The average Bonchev–Trinajstić information content (AvgIpc) is 3.14. The second-order valence-electron chi connectivity index (χ2n) is 6.42. The van der Waals surface area contributed by atoms with Gasteiger partial charge in [-0.05, 0) is 19.8 Å². The minimum atomic E-state index is -0.0652. The number of imidazole rings is 1. The van der Waals surface area contributed by atoms with Gasteiger partial charge in [0.2, 0.25) is 0 Å². The molecule has 1 aromatic heterocycles. The van der Waals surface area contributed by atoms with Crippen LogP contribution in [0.5, 0.6) is 0 Å². The summed E-state index contributed by atoms with van der Waals surface area (Å²) in [5.41, 5.74) is 2.54. The van der Waals surface area contributed by atoms with E-state index >= 15 is 0 Å². The molecule has 3 aliphatic rings. The summed E-state index contributed by atoms with van der Waals surface area (Å²) in [5.74, 6) is 1.87. The number of aromatic nitrogens is 2. The van der Waals surface area contributed by atoms with Gasteiger partial charge < -0.3 is 9.30 Å². The summed E-state index contributed by atoms with van der Waals surface area (Å²) >= 11 is 0. The molecule has 2 aliphatic heterocycles. The average molecular weight is 275 g/mol. The van der Waals surface area contributed by atoms with Crippen molar-refractivity contribution in [2.24, 2.45) is 7.05 Å². The predicted molar refractivity (Wildman–Crippen MR) is 73.3 cm³/mol. The van der Waals surface area contributed by atoms with E-state index in [4.69, 9.17) is 9.72 Å². The van der Waals surface area contributed by atoms with Crippen molar-refractivity contribution in [1.82, 2.24) is 14.5 Å². The van der Waals surface area contributed by atoms with E-state index < -0.39 is 0 Å². The van der Waals surface area contributed by atoms with Crippen molar-refractivity contribution in [3.8, 4) is 0 Å². The van der Waals surface area contributed by atoms with E-state index in [0.717, 1.165) is 25.9 Å². The highest BCUT2D eigenvalue weighted by Crippen LogP contribution is 2.40. The molecule has 1 aliphatic carbocycles. The number of carbonyl (C=O) groups excluding carboxylic acids is 1. The summed E-state index contributed by atoms with van der Waals surface area (Å²) in [6.07, 6.45) is 4.42. The summed E-state index contributed by atoms with van der Waals surface area (Å²) in [4.78, 5) is 19.0. The third kappa shape index (κ3) is 1.87. The van der Waals surface area contributed by atoms with Gasteiger partial charge in [0, 0.05) is 44.6 Å². The Bertz CT molecular complexity index is 562. The molecule has 0 radical (unpaired) electrons. The number of fused-ring (bicyclic) bond motifs is 1. The van der Waals surface area contributed by atoms with Crippen molar-refractivity contribution >= 4 is 5.97 Å². The number of rotatable bonds is 2. The van der Waals surface area contributed by atoms with Crippen LogP contribution in [0.2, 0.25) is 0 Å². The fourth-order valence-corrected chi connectivity index (χ4v) is 3.58. The van der Waals surface area contributed by atoms with Crippen LogP contribution in [-0.2, 0) is 29.5 Å². The lowest BCUT2D eigenvalue weighted by Crippen LogP contribution is -2.42. The number of nitrogens with zero attached hydrogens (tertiary/aromatic N) is 3. The van der Waals surface area contributed by atoms with Crippen molar-refractivity contribution in [1.29, 1.82) is 0 Å². The molecule has 4 rings (SSSR count). The maximum atomic E-state index is 11.9. The summed E-state index contributed by atoms with van der Waals surface area (Å²) in [7, 11) is 2.14. The first-order chi connectivity index (χ1) is 9.63. The van der Waals surface area contributed by atoms with Crippen LogP contribution in [0.25, 0.3) is 0 Å². The zero-order valence-corrected chi connectivity index (χ0v) is 12.1. The summed E-state index contributed by atoms with van der Waals surface area (Å²) in [6.45, 7) is 3.70. The Morgan fingerprint density at radius 1 is 1.35 bits per heavy atom. The van der Waals surface area contributed by atoms with E-state index in [0.29, 0.717) is 5.92 Å². The molecule has 108 valence electrons.